The second kappa shape index (κ2) is 14.3. The minimum atomic E-state index is 1.17. The van der Waals surface area contributed by atoms with Gasteiger partial charge in [0.2, 0.25) is 0 Å². The Labute approximate surface area is 122 Å². The van der Waals surface area contributed by atoms with E-state index in [4.69, 9.17) is 0 Å². The quantitative estimate of drug-likeness (QED) is 0.432. The lowest BCUT2D eigenvalue weighted by atomic mass is 10.1. The maximum absolute atomic E-state index is 2.46. The van der Waals surface area contributed by atoms with E-state index in [9.17, 15) is 0 Å². The molecule has 0 saturated carbocycles. The summed E-state index contributed by atoms with van der Waals surface area (Å²) in [5, 5.41) is 0. The Morgan fingerprint density at radius 2 is 1.00 bits per heavy atom. The van der Waals surface area contributed by atoms with Gasteiger partial charge < -0.3 is 9.80 Å². The number of rotatable bonds is 14. The molecule has 0 saturated heterocycles. The predicted molar refractivity (Wildman–Crippen MR) is 87.9 cm³/mol. The lowest BCUT2D eigenvalue weighted by Crippen LogP contribution is -2.29. The van der Waals surface area contributed by atoms with Crippen LogP contribution in [0.25, 0.3) is 0 Å². The first-order valence-corrected chi connectivity index (χ1v) is 8.50. The zero-order chi connectivity index (χ0) is 14.3. The highest BCUT2D eigenvalue weighted by atomic mass is 15.1. The molecule has 0 aliphatic heterocycles. The van der Waals surface area contributed by atoms with Crippen molar-refractivity contribution in [1.29, 1.82) is 0 Å². The summed E-state index contributed by atoms with van der Waals surface area (Å²) in [7, 11) is 6.54. The molecule has 0 fully saturated rings. The summed E-state index contributed by atoms with van der Waals surface area (Å²) in [5.41, 5.74) is 0. The van der Waals surface area contributed by atoms with E-state index >= 15 is 0 Å². The van der Waals surface area contributed by atoms with Crippen LogP contribution in [0.15, 0.2) is 0 Å². The van der Waals surface area contributed by atoms with Crippen molar-refractivity contribution < 1.29 is 0 Å². The maximum Gasteiger partial charge on any atom is 0.0106 e. The van der Waals surface area contributed by atoms with E-state index in [0.717, 1.165) is 0 Å². The van der Waals surface area contributed by atoms with Crippen LogP contribution >= 0.6 is 0 Å². The molecule has 0 atom stereocenters. The van der Waals surface area contributed by atoms with Crippen molar-refractivity contribution in [2.45, 2.75) is 71.1 Å². The molecule has 0 bridgehead atoms. The average molecular weight is 271 g/mol. The van der Waals surface area contributed by atoms with E-state index < -0.39 is 0 Å². The SMILES string of the molecule is CCCCCCCCCCCCN(C)CCN(C)C. The number of likely N-dealkylation sites (N-methyl/N-ethyl adjacent to an activating group) is 2. The van der Waals surface area contributed by atoms with Crippen LogP contribution in [-0.4, -0.2) is 50.6 Å². The Hall–Kier alpha value is -0.0800. The molecule has 0 radical (unpaired) electrons. The number of hydrogen-bond donors (Lipinski definition) is 0. The van der Waals surface area contributed by atoms with Gasteiger partial charge in [0.15, 0.2) is 0 Å². The average Bonchev–Trinajstić information content (AvgIpc) is 2.38. The monoisotopic (exact) mass is 270 g/mol. The van der Waals surface area contributed by atoms with Gasteiger partial charge >= 0.3 is 0 Å². The molecule has 0 unspecified atom stereocenters. The molecule has 2 nitrogen and oxygen atoms in total. The smallest absolute Gasteiger partial charge is 0.0106 e. The summed E-state index contributed by atoms with van der Waals surface area (Å²) in [4.78, 5) is 4.72. The molecule has 19 heavy (non-hydrogen) atoms. The van der Waals surface area contributed by atoms with Gasteiger partial charge in [0.25, 0.3) is 0 Å². The van der Waals surface area contributed by atoms with Crippen LogP contribution in [0.4, 0.5) is 0 Å². The Bertz CT molecular complexity index is 169. The largest absolute Gasteiger partial charge is 0.308 e. The predicted octanol–water partition coefficient (Wildman–Crippen LogP) is 4.40. The van der Waals surface area contributed by atoms with E-state index in [0.29, 0.717) is 0 Å². The molecule has 0 aromatic rings. The topological polar surface area (TPSA) is 6.48 Å². The van der Waals surface area contributed by atoms with Crippen LogP contribution in [0.3, 0.4) is 0 Å². The van der Waals surface area contributed by atoms with Gasteiger partial charge in [-0.05, 0) is 34.1 Å². The van der Waals surface area contributed by atoms with Crippen LogP contribution in [0.1, 0.15) is 71.1 Å². The molecule has 0 aromatic heterocycles. The van der Waals surface area contributed by atoms with Crippen molar-refractivity contribution in [2.24, 2.45) is 0 Å². The van der Waals surface area contributed by atoms with Gasteiger partial charge in [0.1, 0.15) is 0 Å². The molecule has 116 valence electrons. The maximum atomic E-state index is 2.46. The number of unbranched alkanes of at least 4 members (excludes halogenated alkanes) is 9. The Kier molecular flexibility index (Phi) is 14.3. The van der Waals surface area contributed by atoms with Gasteiger partial charge in [-0.2, -0.15) is 0 Å². The lowest BCUT2D eigenvalue weighted by molar-refractivity contribution is 0.277. The van der Waals surface area contributed by atoms with Crippen LogP contribution in [0, 0.1) is 0 Å². The third kappa shape index (κ3) is 15.9. The highest BCUT2D eigenvalue weighted by Crippen LogP contribution is 2.10. The molecule has 0 N–H and O–H groups in total. The van der Waals surface area contributed by atoms with Gasteiger partial charge in [-0.25, -0.2) is 0 Å². The zero-order valence-electron chi connectivity index (χ0n) is 14.1. The molecule has 0 heterocycles. The van der Waals surface area contributed by atoms with Crippen LogP contribution in [0.5, 0.6) is 0 Å². The molecule has 0 aliphatic carbocycles. The van der Waals surface area contributed by atoms with Crippen molar-refractivity contribution in [3.8, 4) is 0 Å². The van der Waals surface area contributed by atoms with Gasteiger partial charge in [0, 0.05) is 13.1 Å². The number of nitrogens with zero attached hydrogens (tertiary/aromatic N) is 2. The molecule has 2 heteroatoms. The Morgan fingerprint density at radius 3 is 1.47 bits per heavy atom. The summed E-state index contributed by atoms with van der Waals surface area (Å²) in [5.74, 6) is 0. The van der Waals surface area contributed by atoms with Gasteiger partial charge in [0.05, 0.1) is 0 Å². The number of hydrogen-bond acceptors (Lipinski definition) is 2. The van der Waals surface area contributed by atoms with Gasteiger partial charge in [-0.15, -0.1) is 0 Å². The fourth-order valence-corrected chi connectivity index (χ4v) is 2.35. The fourth-order valence-electron chi connectivity index (χ4n) is 2.35. The summed E-state index contributed by atoms with van der Waals surface area (Å²) in [6.45, 7) is 5.93. The highest BCUT2D eigenvalue weighted by Gasteiger charge is 1.99. The van der Waals surface area contributed by atoms with Crippen LogP contribution in [0.2, 0.25) is 0 Å². The molecule has 0 rings (SSSR count). The Balaban J connectivity index is 3.09. The van der Waals surface area contributed by atoms with E-state index in [1.165, 1.54) is 83.8 Å². The molecular weight excluding hydrogens is 232 g/mol. The van der Waals surface area contributed by atoms with Crippen molar-refractivity contribution in [2.75, 3.05) is 40.8 Å². The van der Waals surface area contributed by atoms with Crippen molar-refractivity contribution in [1.82, 2.24) is 9.80 Å². The van der Waals surface area contributed by atoms with E-state index in [-0.39, 0.29) is 0 Å². The van der Waals surface area contributed by atoms with E-state index in [1.807, 2.05) is 0 Å². The third-order valence-electron chi connectivity index (χ3n) is 3.82. The van der Waals surface area contributed by atoms with E-state index in [1.54, 1.807) is 0 Å². The molecule has 0 aliphatic rings. The highest BCUT2D eigenvalue weighted by molar-refractivity contribution is 4.55. The standard InChI is InChI=1S/C17H38N2/c1-5-6-7-8-9-10-11-12-13-14-15-19(4)17-16-18(2)3/h5-17H2,1-4H3. The van der Waals surface area contributed by atoms with Crippen molar-refractivity contribution in [3.63, 3.8) is 0 Å². The van der Waals surface area contributed by atoms with Crippen molar-refractivity contribution in [3.05, 3.63) is 0 Å². The summed E-state index contributed by atoms with van der Waals surface area (Å²) in [6, 6.07) is 0. The molecular formula is C17H38N2. The normalized spacial score (nSPS) is 11.7. The molecule has 0 aromatic carbocycles. The summed E-state index contributed by atoms with van der Waals surface area (Å²) >= 11 is 0. The fraction of sp³-hybridized carbons (Fsp3) is 1.00. The Morgan fingerprint density at radius 1 is 0.526 bits per heavy atom. The lowest BCUT2D eigenvalue weighted by Gasteiger charge is -2.19. The molecule has 0 spiro atoms. The first-order valence-electron chi connectivity index (χ1n) is 8.50. The first kappa shape index (κ1) is 18.9. The van der Waals surface area contributed by atoms with Gasteiger partial charge in [-0.3, -0.25) is 0 Å². The van der Waals surface area contributed by atoms with E-state index in [2.05, 4.69) is 37.9 Å². The first-order chi connectivity index (χ1) is 9.16. The van der Waals surface area contributed by atoms with Crippen LogP contribution in [-0.2, 0) is 0 Å². The minimum absolute atomic E-state index is 1.17. The summed E-state index contributed by atoms with van der Waals surface area (Å²) < 4.78 is 0. The minimum Gasteiger partial charge on any atom is -0.308 e. The summed E-state index contributed by atoms with van der Waals surface area (Å²) in [6.07, 6.45) is 14.3. The third-order valence-corrected chi connectivity index (χ3v) is 3.82. The molecule has 0 amide bonds. The second-order valence-corrected chi connectivity index (χ2v) is 6.29. The second-order valence-electron chi connectivity index (χ2n) is 6.29. The van der Waals surface area contributed by atoms with Gasteiger partial charge in [-0.1, -0.05) is 64.7 Å². The van der Waals surface area contributed by atoms with Crippen molar-refractivity contribution >= 4 is 0 Å². The van der Waals surface area contributed by atoms with Crippen LogP contribution < -0.4 is 0 Å². The zero-order valence-corrected chi connectivity index (χ0v) is 14.1.